The number of carbonyl (C=O) groups excluding carboxylic acids is 1. The van der Waals surface area contributed by atoms with Crippen molar-refractivity contribution < 1.29 is 13.2 Å². The first kappa shape index (κ1) is 22.1. The number of carbonyl (C=O) groups is 1. The van der Waals surface area contributed by atoms with Crippen LogP contribution in [0.2, 0.25) is 10.0 Å². The summed E-state index contributed by atoms with van der Waals surface area (Å²) >= 11 is 11.9. The van der Waals surface area contributed by atoms with Crippen LogP contribution < -0.4 is 4.31 Å². The molecule has 0 saturated heterocycles. The Bertz CT molecular complexity index is 1220. The van der Waals surface area contributed by atoms with E-state index in [1.807, 2.05) is 13.0 Å². The Morgan fingerprint density at radius 1 is 0.900 bits per heavy atom. The number of hydrogen-bond acceptors (Lipinski definition) is 3. The van der Waals surface area contributed by atoms with Crippen molar-refractivity contribution in [1.82, 2.24) is 0 Å². The molecule has 0 aliphatic rings. The van der Waals surface area contributed by atoms with Gasteiger partial charge in [-0.05, 0) is 66.9 Å². The Hall–Kier alpha value is -2.60. The lowest BCUT2D eigenvalue weighted by Crippen LogP contribution is -2.36. The maximum atomic E-state index is 13.4. The molecular weight excluding hydrogens is 441 g/mol. The third kappa shape index (κ3) is 4.75. The average molecular weight is 460 g/mol. The average Bonchev–Trinajstić information content (AvgIpc) is 2.72. The van der Waals surface area contributed by atoms with Gasteiger partial charge in [-0.3, -0.25) is 4.79 Å². The molecule has 1 amide bonds. The predicted molar refractivity (Wildman–Crippen MR) is 123 cm³/mol. The van der Waals surface area contributed by atoms with E-state index in [1.54, 1.807) is 55.5 Å². The summed E-state index contributed by atoms with van der Waals surface area (Å²) in [4.78, 5) is 13.2. The first-order valence-corrected chi connectivity index (χ1v) is 11.2. The van der Waals surface area contributed by atoms with Crippen molar-refractivity contribution in [3.05, 3.63) is 99.5 Å². The molecule has 0 radical (unpaired) electrons. The van der Waals surface area contributed by atoms with Crippen molar-refractivity contribution in [3.8, 4) is 0 Å². The van der Waals surface area contributed by atoms with Crippen LogP contribution in [0.1, 0.15) is 16.7 Å². The van der Waals surface area contributed by atoms with E-state index in [1.165, 1.54) is 24.3 Å². The molecule has 0 unspecified atom stereocenters. The van der Waals surface area contributed by atoms with Crippen molar-refractivity contribution in [3.63, 3.8) is 0 Å². The maximum absolute atomic E-state index is 13.4. The fraction of sp³-hybridized carbons (Fsp3) is 0.0870. The Morgan fingerprint density at radius 2 is 1.60 bits per heavy atom. The molecule has 30 heavy (non-hydrogen) atoms. The van der Waals surface area contributed by atoms with Crippen LogP contribution in [0.4, 0.5) is 5.69 Å². The molecule has 0 fully saturated rings. The Morgan fingerprint density at radius 3 is 2.27 bits per heavy atom. The molecule has 0 aliphatic carbocycles. The minimum atomic E-state index is -4.13. The van der Waals surface area contributed by atoms with Crippen LogP contribution in [0.15, 0.2) is 77.7 Å². The summed E-state index contributed by atoms with van der Waals surface area (Å²) in [6, 6.07) is 18.1. The lowest BCUT2D eigenvalue weighted by Gasteiger charge is -2.23. The molecule has 3 rings (SSSR count). The summed E-state index contributed by atoms with van der Waals surface area (Å²) in [6.45, 7) is 3.60. The zero-order valence-electron chi connectivity index (χ0n) is 16.3. The van der Waals surface area contributed by atoms with Gasteiger partial charge in [0.05, 0.1) is 20.6 Å². The van der Waals surface area contributed by atoms with Crippen LogP contribution in [0.5, 0.6) is 0 Å². The number of hydrogen-bond donors (Lipinski definition) is 0. The summed E-state index contributed by atoms with van der Waals surface area (Å²) in [7, 11) is -4.13. The highest BCUT2D eigenvalue weighted by atomic mass is 35.5. The summed E-state index contributed by atoms with van der Waals surface area (Å²) in [5, 5.41) is 0.735. The van der Waals surface area contributed by atoms with E-state index in [2.05, 4.69) is 0 Å². The lowest BCUT2D eigenvalue weighted by molar-refractivity contribution is -0.113. The Balaban J connectivity index is 2.09. The molecule has 0 heterocycles. The van der Waals surface area contributed by atoms with Gasteiger partial charge in [0, 0.05) is 6.08 Å². The number of aryl methyl sites for hydroxylation is 2. The molecule has 154 valence electrons. The summed E-state index contributed by atoms with van der Waals surface area (Å²) in [5.74, 6) is -0.696. The van der Waals surface area contributed by atoms with Gasteiger partial charge in [0.2, 0.25) is 0 Å². The number of rotatable bonds is 5. The minimum Gasteiger partial charge on any atom is -0.268 e. The van der Waals surface area contributed by atoms with E-state index in [0.717, 1.165) is 9.87 Å². The van der Waals surface area contributed by atoms with Crippen molar-refractivity contribution in [2.24, 2.45) is 0 Å². The first-order chi connectivity index (χ1) is 14.2. The van der Waals surface area contributed by atoms with Crippen LogP contribution in [0, 0.1) is 13.8 Å². The fourth-order valence-corrected chi connectivity index (χ4v) is 4.63. The Kier molecular flexibility index (Phi) is 6.66. The monoisotopic (exact) mass is 459 g/mol. The molecule has 0 spiro atoms. The number of halogens is 2. The second kappa shape index (κ2) is 9.04. The SMILES string of the molecule is Cc1ccc(C)c(N(C(=O)/C=C/c2ccc(Cl)c(Cl)c2)S(=O)(=O)c2ccccc2)c1. The molecule has 0 saturated carbocycles. The van der Waals surface area contributed by atoms with Gasteiger partial charge in [0.15, 0.2) is 0 Å². The molecule has 0 aromatic heterocycles. The quantitative estimate of drug-likeness (QED) is 0.436. The molecule has 0 N–H and O–H groups in total. The molecule has 3 aromatic rings. The second-order valence-electron chi connectivity index (χ2n) is 6.72. The highest BCUT2D eigenvalue weighted by Gasteiger charge is 2.30. The van der Waals surface area contributed by atoms with Gasteiger partial charge in [-0.1, -0.05) is 59.6 Å². The standard InChI is InChI=1S/C23H19Cl2NO3S/c1-16-8-9-17(2)22(14-16)26(30(28,29)19-6-4-3-5-7-19)23(27)13-11-18-10-12-20(24)21(25)15-18/h3-15H,1-2H3/b13-11+. The summed E-state index contributed by atoms with van der Waals surface area (Å²) < 4.78 is 27.6. The highest BCUT2D eigenvalue weighted by Crippen LogP contribution is 2.29. The highest BCUT2D eigenvalue weighted by molar-refractivity contribution is 7.93. The van der Waals surface area contributed by atoms with Gasteiger partial charge >= 0.3 is 0 Å². The van der Waals surface area contributed by atoms with Crippen LogP contribution >= 0.6 is 23.2 Å². The number of amides is 1. The third-order valence-corrected chi connectivity index (χ3v) is 6.89. The van der Waals surface area contributed by atoms with Crippen molar-refractivity contribution >= 4 is 50.9 Å². The molecule has 7 heteroatoms. The molecule has 4 nitrogen and oxygen atoms in total. The predicted octanol–water partition coefficient (Wildman–Crippen LogP) is 6.05. The van der Waals surface area contributed by atoms with Crippen molar-refractivity contribution in [2.75, 3.05) is 4.31 Å². The third-order valence-electron chi connectivity index (χ3n) is 4.43. The number of nitrogens with zero attached hydrogens (tertiary/aromatic N) is 1. The van der Waals surface area contributed by atoms with E-state index < -0.39 is 15.9 Å². The van der Waals surface area contributed by atoms with Crippen LogP contribution in [0.25, 0.3) is 6.08 Å². The number of anilines is 1. The van der Waals surface area contributed by atoms with Gasteiger partial charge in [-0.15, -0.1) is 0 Å². The lowest BCUT2D eigenvalue weighted by atomic mass is 10.1. The van der Waals surface area contributed by atoms with Crippen LogP contribution in [-0.2, 0) is 14.8 Å². The number of sulfonamides is 1. The topological polar surface area (TPSA) is 54.5 Å². The molecule has 3 aromatic carbocycles. The van der Waals surface area contributed by atoms with Crippen LogP contribution in [0.3, 0.4) is 0 Å². The van der Waals surface area contributed by atoms with Gasteiger partial charge in [0.25, 0.3) is 15.9 Å². The van der Waals surface area contributed by atoms with Gasteiger partial charge in [0.1, 0.15) is 0 Å². The van der Waals surface area contributed by atoms with E-state index in [-0.39, 0.29) is 4.90 Å². The number of benzene rings is 3. The Labute approximate surface area is 186 Å². The van der Waals surface area contributed by atoms with Crippen molar-refractivity contribution in [2.45, 2.75) is 18.7 Å². The molecule has 0 aliphatic heterocycles. The largest absolute Gasteiger partial charge is 0.271 e. The fourth-order valence-electron chi connectivity index (χ4n) is 2.85. The molecule has 0 bridgehead atoms. The molecular formula is C23H19Cl2NO3S. The van der Waals surface area contributed by atoms with Gasteiger partial charge in [-0.25, -0.2) is 8.42 Å². The van der Waals surface area contributed by atoms with E-state index in [9.17, 15) is 13.2 Å². The maximum Gasteiger partial charge on any atom is 0.271 e. The zero-order chi connectivity index (χ0) is 21.9. The van der Waals surface area contributed by atoms with Crippen LogP contribution in [-0.4, -0.2) is 14.3 Å². The smallest absolute Gasteiger partial charge is 0.268 e. The van der Waals surface area contributed by atoms with E-state index >= 15 is 0 Å². The summed E-state index contributed by atoms with van der Waals surface area (Å²) in [6.07, 6.45) is 2.71. The van der Waals surface area contributed by atoms with Gasteiger partial charge < -0.3 is 0 Å². The zero-order valence-corrected chi connectivity index (χ0v) is 18.7. The van der Waals surface area contributed by atoms with E-state index in [0.29, 0.717) is 26.9 Å². The summed E-state index contributed by atoms with van der Waals surface area (Å²) in [5.41, 5.74) is 2.43. The first-order valence-electron chi connectivity index (χ1n) is 9.05. The van der Waals surface area contributed by atoms with Crippen molar-refractivity contribution in [1.29, 1.82) is 0 Å². The normalized spacial score (nSPS) is 11.6. The second-order valence-corrected chi connectivity index (χ2v) is 9.32. The van der Waals surface area contributed by atoms with E-state index in [4.69, 9.17) is 23.2 Å². The van der Waals surface area contributed by atoms with Gasteiger partial charge in [-0.2, -0.15) is 4.31 Å². The molecule has 0 atom stereocenters. The minimum absolute atomic E-state index is 0.0298.